The van der Waals surface area contributed by atoms with Gasteiger partial charge >= 0.3 is 11.9 Å². The second kappa shape index (κ2) is 7.02. The zero-order chi connectivity index (χ0) is 16.9. The number of hydrogen-bond donors (Lipinski definition) is 0. The fraction of sp³-hybridized carbons (Fsp3) is 0.467. The number of non-ortho nitro benzene ring substituents is 1. The summed E-state index contributed by atoms with van der Waals surface area (Å²) < 4.78 is 9.90. The van der Waals surface area contributed by atoms with Gasteiger partial charge < -0.3 is 9.47 Å². The van der Waals surface area contributed by atoms with Gasteiger partial charge in [-0.3, -0.25) is 14.9 Å². The number of hydrogen-bond acceptors (Lipinski definition) is 6. The lowest BCUT2D eigenvalue weighted by molar-refractivity contribution is -0.384. The topological polar surface area (TPSA) is 95.7 Å². The molecule has 1 aromatic carbocycles. The molecule has 0 amide bonds. The maximum Gasteiger partial charge on any atom is 0.338 e. The average Bonchev–Trinajstić information content (AvgIpc) is 2.41. The van der Waals surface area contributed by atoms with Crippen molar-refractivity contribution in [2.45, 2.75) is 27.7 Å². The van der Waals surface area contributed by atoms with Gasteiger partial charge in [0.1, 0.15) is 13.2 Å². The van der Waals surface area contributed by atoms with E-state index in [0.717, 1.165) is 6.07 Å². The molecule has 0 fully saturated rings. The van der Waals surface area contributed by atoms with Gasteiger partial charge in [-0.1, -0.05) is 0 Å². The highest BCUT2D eigenvalue weighted by Crippen LogP contribution is 2.18. The molecule has 0 saturated heterocycles. The first-order chi connectivity index (χ1) is 10.1. The zero-order valence-corrected chi connectivity index (χ0v) is 13.0. The van der Waals surface area contributed by atoms with Crippen LogP contribution in [0.4, 0.5) is 5.69 Å². The largest absolute Gasteiger partial charge is 0.462 e. The van der Waals surface area contributed by atoms with Crippen LogP contribution in [0.15, 0.2) is 18.2 Å². The van der Waals surface area contributed by atoms with E-state index in [9.17, 15) is 19.7 Å². The summed E-state index contributed by atoms with van der Waals surface area (Å²) in [6.45, 7) is 6.63. The van der Waals surface area contributed by atoms with Crippen molar-refractivity contribution in [1.82, 2.24) is 0 Å². The maximum atomic E-state index is 11.8. The van der Waals surface area contributed by atoms with Crippen molar-refractivity contribution >= 4 is 17.6 Å². The Morgan fingerprint density at radius 1 is 1.14 bits per heavy atom. The lowest BCUT2D eigenvalue weighted by Gasteiger charge is -2.16. The van der Waals surface area contributed by atoms with Crippen LogP contribution in [0.1, 0.15) is 36.7 Å². The summed E-state index contributed by atoms with van der Waals surface area (Å²) in [5.74, 6) is -1.09. The van der Waals surface area contributed by atoms with E-state index >= 15 is 0 Å². The van der Waals surface area contributed by atoms with E-state index in [1.165, 1.54) is 12.1 Å². The number of ether oxygens (including phenoxy) is 2. The van der Waals surface area contributed by atoms with Crippen LogP contribution in [0.5, 0.6) is 0 Å². The zero-order valence-electron chi connectivity index (χ0n) is 13.0. The summed E-state index contributed by atoms with van der Waals surface area (Å²) in [4.78, 5) is 33.5. The first-order valence-electron chi connectivity index (χ1n) is 6.71. The highest BCUT2D eigenvalue weighted by atomic mass is 16.6. The molecule has 0 aliphatic heterocycles. The fourth-order valence-electron chi connectivity index (χ4n) is 1.55. The minimum atomic E-state index is -0.696. The Labute approximate surface area is 128 Å². The molecule has 0 N–H and O–H groups in total. The van der Waals surface area contributed by atoms with Crippen LogP contribution in [-0.2, 0) is 14.3 Å². The summed E-state index contributed by atoms with van der Waals surface area (Å²) >= 11 is 0. The van der Waals surface area contributed by atoms with Gasteiger partial charge in [-0.15, -0.1) is 0 Å². The number of nitro benzene ring substituents is 1. The van der Waals surface area contributed by atoms with E-state index < -0.39 is 22.3 Å². The SMILES string of the molecule is Cc1cc(C(=O)OCCOC(=O)C(C)(C)C)cc([N+](=O)[O-])c1. The normalized spacial score (nSPS) is 10.9. The lowest BCUT2D eigenvalue weighted by atomic mass is 9.97. The number of rotatable bonds is 5. The Hall–Kier alpha value is -2.44. The number of carbonyl (C=O) groups is 2. The molecular formula is C15H19NO6. The second-order valence-electron chi connectivity index (χ2n) is 5.84. The van der Waals surface area contributed by atoms with Gasteiger partial charge in [0, 0.05) is 12.1 Å². The third-order valence-electron chi connectivity index (χ3n) is 2.67. The first kappa shape index (κ1) is 17.6. The standard InChI is InChI=1S/C15H19NO6/c1-10-7-11(9-12(8-10)16(19)20)13(17)21-5-6-22-14(18)15(2,3)4/h7-9H,5-6H2,1-4H3. The van der Waals surface area contributed by atoms with Gasteiger partial charge in [-0.2, -0.15) is 0 Å². The summed E-state index contributed by atoms with van der Waals surface area (Å²) in [6, 6.07) is 4.01. The van der Waals surface area contributed by atoms with E-state index in [2.05, 4.69) is 0 Å². The smallest absolute Gasteiger partial charge is 0.338 e. The van der Waals surface area contributed by atoms with Gasteiger partial charge in [0.2, 0.25) is 0 Å². The Bertz CT molecular complexity index is 588. The molecule has 7 heteroatoms. The molecule has 0 aliphatic rings. The highest BCUT2D eigenvalue weighted by Gasteiger charge is 2.23. The predicted octanol–water partition coefficient (Wildman–Crippen LogP) is 2.65. The molecule has 1 rings (SSSR count). The Balaban J connectivity index is 2.56. The summed E-state index contributed by atoms with van der Waals surface area (Å²) in [6.07, 6.45) is 0. The van der Waals surface area contributed by atoms with E-state index in [-0.39, 0.29) is 24.5 Å². The van der Waals surface area contributed by atoms with Crippen molar-refractivity contribution < 1.29 is 24.0 Å². The number of carbonyl (C=O) groups excluding carboxylic acids is 2. The molecule has 0 aromatic heterocycles. The van der Waals surface area contributed by atoms with E-state index in [1.807, 2.05) is 0 Å². The molecular weight excluding hydrogens is 290 g/mol. The van der Waals surface area contributed by atoms with Crippen LogP contribution < -0.4 is 0 Å². The number of esters is 2. The summed E-state index contributed by atoms with van der Waals surface area (Å²) in [5.41, 5.74) is -0.124. The quantitative estimate of drug-likeness (QED) is 0.359. The molecule has 7 nitrogen and oxygen atoms in total. The second-order valence-corrected chi connectivity index (χ2v) is 5.84. The average molecular weight is 309 g/mol. The number of nitrogens with zero attached hydrogens (tertiary/aromatic N) is 1. The third-order valence-corrected chi connectivity index (χ3v) is 2.67. The van der Waals surface area contributed by atoms with Crippen molar-refractivity contribution in [1.29, 1.82) is 0 Å². The molecule has 0 unspecified atom stereocenters. The number of nitro groups is 1. The van der Waals surface area contributed by atoms with Gasteiger partial charge in [-0.25, -0.2) is 4.79 Å². The molecule has 0 spiro atoms. The minimum Gasteiger partial charge on any atom is -0.462 e. The van der Waals surface area contributed by atoms with Crippen molar-refractivity contribution in [3.05, 3.63) is 39.4 Å². The number of benzene rings is 1. The molecule has 1 aromatic rings. The molecule has 0 bridgehead atoms. The van der Waals surface area contributed by atoms with Gasteiger partial charge in [0.05, 0.1) is 15.9 Å². The van der Waals surface area contributed by atoms with Gasteiger partial charge in [-0.05, 0) is 39.3 Å². The minimum absolute atomic E-state index is 0.0598. The molecule has 0 radical (unpaired) electrons. The molecule has 0 aliphatic carbocycles. The van der Waals surface area contributed by atoms with Crippen LogP contribution >= 0.6 is 0 Å². The fourth-order valence-corrected chi connectivity index (χ4v) is 1.55. The van der Waals surface area contributed by atoms with Crippen molar-refractivity contribution in [2.75, 3.05) is 13.2 Å². The van der Waals surface area contributed by atoms with Gasteiger partial charge in [0.15, 0.2) is 0 Å². The molecule has 0 heterocycles. The summed E-state index contributed by atoms with van der Waals surface area (Å²) in [5, 5.41) is 10.8. The Kier molecular flexibility index (Phi) is 5.62. The van der Waals surface area contributed by atoms with Gasteiger partial charge in [0.25, 0.3) is 5.69 Å². The van der Waals surface area contributed by atoms with Crippen LogP contribution in [-0.4, -0.2) is 30.1 Å². The maximum absolute atomic E-state index is 11.8. The van der Waals surface area contributed by atoms with E-state index in [4.69, 9.17) is 9.47 Å². The predicted molar refractivity (Wildman–Crippen MR) is 78.5 cm³/mol. The van der Waals surface area contributed by atoms with Crippen molar-refractivity contribution in [3.63, 3.8) is 0 Å². The monoisotopic (exact) mass is 309 g/mol. The highest BCUT2D eigenvalue weighted by molar-refractivity contribution is 5.90. The van der Waals surface area contributed by atoms with Crippen LogP contribution in [0.2, 0.25) is 0 Å². The van der Waals surface area contributed by atoms with E-state index in [0.29, 0.717) is 5.56 Å². The summed E-state index contributed by atoms with van der Waals surface area (Å²) in [7, 11) is 0. The Morgan fingerprint density at radius 2 is 1.73 bits per heavy atom. The molecule has 120 valence electrons. The number of aryl methyl sites for hydroxylation is 1. The van der Waals surface area contributed by atoms with E-state index in [1.54, 1.807) is 27.7 Å². The molecule has 0 saturated carbocycles. The van der Waals surface area contributed by atoms with Crippen molar-refractivity contribution in [3.8, 4) is 0 Å². The van der Waals surface area contributed by atoms with Crippen LogP contribution in [0, 0.1) is 22.5 Å². The lowest BCUT2D eigenvalue weighted by Crippen LogP contribution is -2.25. The third kappa shape index (κ3) is 5.16. The first-order valence-corrected chi connectivity index (χ1v) is 6.71. The van der Waals surface area contributed by atoms with Crippen LogP contribution in [0.25, 0.3) is 0 Å². The Morgan fingerprint density at radius 3 is 2.27 bits per heavy atom. The molecule has 0 atom stereocenters. The van der Waals surface area contributed by atoms with Crippen LogP contribution in [0.3, 0.4) is 0 Å². The molecule has 22 heavy (non-hydrogen) atoms. The van der Waals surface area contributed by atoms with Crippen molar-refractivity contribution in [2.24, 2.45) is 5.41 Å².